The summed E-state index contributed by atoms with van der Waals surface area (Å²) in [5.74, 6) is -0.247. The Labute approximate surface area is 108 Å². The second-order valence-electron chi connectivity index (χ2n) is 4.17. The lowest BCUT2D eigenvalue weighted by atomic mass is 10.1. The van der Waals surface area contributed by atoms with E-state index in [1.54, 1.807) is 17.0 Å². The normalized spacial score (nSPS) is 20.8. The molecule has 1 N–H and O–H groups in total. The van der Waals surface area contributed by atoms with Crippen molar-refractivity contribution < 1.29 is 9.18 Å². The molecule has 0 aliphatic carbocycles. The highest BCUT2D eigenvalue weighted by Gasteiger charge is 2.25. The molecule has 0 spiro atoms. The molecule has 17 heavy (non-hydrogen) atoms. The van der Waals surface area contributed by atoms with Crippen LogP contribution < -0.4 is 5.32 Å². The number of nitrogens with zero attached hydrogens (tertiary/aromatic N) is 1. The number of carbonyl (C=O) groups is 1. The van der Waals surface area contributed by atoms with Crippen molar-refractivity contribution in [2.45, 2.75) is 19.5 Å². The van der Waals surface area contributed by atoms with E-state index in [9.17, 15) is 9.18 Å². The number of nitrogens with one attached hydrogen (secondary N) is 1. The van der Waals surface area contributed by atoms with Crippen molar-refractivity contribution >= 4 is 21.8 Å². The van der Waals surface area contributed by atoms with Gasteiger partial charge in [0.15, 0.2) is 0 Å². The molecule has 1 heterocycles. The molecule has 2 rings (SSSR count). The number of hydrogen-bond acceptors (Lipinski definition) is 2. The van der Waals surface area contributed by atoms with E-state index in [2.05, 4.69) is 21.2 Å². The van der Waals surface area contributed by atoms with Gasteiger partial charge in [0.05, 0.1) is 6.04 Å². The van der Waals surface area contributed by atoms with Gasteiger partial charge in [-0.15, -0.1) is 0 Å². The number of carbonyl (C=O) groups excluding carboxylic acids is 1. The van der Waals surface area contributed by atoms with E-state index in [4.69, 9.17) is 0 Å². The Balaban J connectivity index is 2.14. The molecule has 1 unspecified atom stereocenters. The minimum Gasteiger partial charge on any atom is -0.336 e. The van der Waals surface area contributed by atoms with Gasteiger partial charge in [-0.1, -0.05) is 15.9 Å². The number of rotatable bonds is 2. The first-order chi connectivity index (χ1) is 8.08. The summed E-state index contributed by atoms with van der Waals surface area (Å²) in [5, 5.41) is 3.08. The Morgan fingerprint density at radius 1 is 1.59 bits per heavy atom. The third-order valence-corrected chi connectivity index (χ3v) is 3.38. The lowest BCUT2D eigenvalue weighted by Crippen LogP contribution is -2.53. The van der Waals surface area contributed by atoms with Crippen molar-refractivity contribution in [2.75, 3.05) is 13.1 Å². The van der Waals surface area contributed by atoms with Crippen LogP contribution in [0.15, 0.2) is 22.7 Å². The van der Waals surface area contributed by atoms with Crippen LogP contribution >= 0.6 is 15.9 Å². The first-order valence-electron chi connectivity index (χ1n) is 5.54. The highest BCUT2D eigenvalue weighted by atomic mass is 79.9. The monoisotopic (exact) mass is 300 g/mol. The maximum Gasteiger partial charge on any atom is 0.239 e. The molecule has 1 atom stereocenters. The molecular weight excluding hydrogens is 287 g/mol. The van der Waals surface area contributed by atoms with Crippen molar-refractivity contribution in [1.29, 1.82) is 0 Å². The summed E-state index contributed by atoms with van der Waals surface area (Å²) in [7, 11) is 0. The van der Waals surface area contributed by atoms with Crippen molar-refractivity contribution in [3.05, 3.63) is 34.1 Å². The number of benzene rings is 1. The van der Waals surface area contributed by atoms with Gasteiger partial charge < -0.3 is 10.2 Å². The first kappa shape index (κ1) is 12.5. The molecule has 1 aliphatic heterocycles. The number of halogens is 2. The molecule has 0 saturated carbocycles. The Hall–Kier alpha value is -0.940. The van der Waals surface area contributed by atoms with Crippen LogP contribution in [-0.2, 0) is 11.3 Å². The van der Waals surface area contributed by atoms with Gasteiger partial charge >= 0.3 is 0 Å². The van der Waals surface area contributed by atoms with Crippen LogP contribution in [0.5, 0.6) is 0 Å². The van der Waals surface area contributed by atoms with Crippen molar-refractivity contribution in [2.24, 2.45) is 0 Å². The van der Waals surface area contributed by atoms with Crippen LogP contribution in [-0.4, -0.2) is 29.9 Å². The molecule has 1 aromatic rings. The summed E-state index contributed by atoms with van der Waals surface area (Å²) in [6, 6.07) is 4.60. The molecule has 1 fully saturated rings. The average molecular weight is 301 g/mol. The molecule has 3 nitrogen and oxygen atoms in total. The molecule has 92 valence electrons. The van der Waals surface area contributed by atoms with Gasteiger partial charge in [-0.05, 0) is 25.1 Å². The Kier molecular flexibility index (Phi) is 3.79. The standard InChI is InChI=1S/C12H14BrFN2O/c1-8-12(17)16(5-4-15-8)7-9-6-10(13)2-3-11(9)14/h2-3,6,8,15H,4-5,7H2,1H3. The molecular formula is C12H14BrFN2O. The average Bonchev–Trinajstić information content (AvgIpc) is 2.30. The minimum absolute atomic E-state index is 0.0237. The largest absolute Gasteiger partial charge is 0.336 e. The van der Waals surface area contributed by atoms with Crippen molar-refractivity contribution in [3.8, 4) is 0 Å². The molecule has 5 heteroatoms. The van der Waals surface area contributed by atoms with Crippen LogP contribution in [0, 0.1) is 5.82 Å². The second-order valence-corrected chi connectivity index (χ2v) is 5.09. The first-order valence-corrected chi connectivity index (χ1v) is 6.33. The summed E-state index contributed by atoms with van der Waals surface area (Å²) >= 11 is 3.31. The number of hydrogen-bond donors (Lipinski definition) is 1. The third-order valence-electron chi connectivity index (χ3n) is 2.88. The summed E-state index contributed by atoms with van der Waals surface area (Å²) in [6.07, 6.45) is 0. The van der Waals surface area contributed by atoms with Crippen molar-refractivity contribution in [3.63, 3.8) is 0 Å². The third kappa shape index (κ3) is 2.84. The van der Waals surface area contributed by atoms with E-state index < -0.39 is 0 Å². The molecule has 1 aliphatic rings. The van der Waals surface area contributed by atoms with Gasteiger partial charge in [0.25, 0.3) is 0 Å². The van der Waals surface area contributed by atoms with E-state index >= 15 is 0 Å². The molecule has 1 aromatic carbocycles. The lowest BCUT2D eigenvalue weighted by Gasteiger charge is -2.31. The maximum atomic E-state index is 13.6. The predicted octanol–water partition coefficient (Wildman–Crippen LogP) is 1.91. The Morgan fingerprint density at radius 3 is 3.12 bits per heavy atom. The number of amides is 1. The second kappa shape index (κ2) is 5.14. The van der Waals surface area contributed by atoms with Gasteiger partial charge in [0.1, 0.15) is 5.82 Å². The number of piperazine rings is 1. The van der Waals surface area contributed by atoms with Gasteiger partial charge in [0.2, 0.25) is 5.91 Å². The quantitative estimate of drug-likeness (QED) is 0.905. The maximum absolute atomic E-state index is 13.6. The zero-order valence-corrected chi connectivity index (χ0v) is 11.1. The highest BCUT2D eigenvalue weighted by molar-refractivity contribution is 9.10. The van der Waals surface area contributed by atoms with Crippen molar-refractivity contribution in [1.82, 2.24) is 10.2 Å². The van der Waals surface area contributed by atoms with Gasteiger partial charge in [0, 0.05) is 29.7 Å². The zero-order valence-electron chi connectivity index (χ0n) is 9.54. The Morgan fingerprint density at radius 2 is 2.35 bits per heavy atom. The SMILES string of the molecule is CC1NCCN(Cc2cc(Br)ccc2F)C1=O. The smallest absolute Gasteiger partial charge is 0.239 e. The molecule has 1 amide bonds. The molecule has 0 aromatic heterocycles. The molecule has 0 radical (unpaired) electrons. The van der Waals surface area contributed by atoms with Gasteiger partial charge in [-0.3, -0.25) is 4.79 Å². The van der Waals surface area contributed by atoms with Crippen LogP contribution in [0.3, 0.4) is 0 Å². The minimum atomic E-state index is -0.271. The van der Waals surface area contributed by atoms with E-state index in [1.807, 2.05) is 6.92 Å². The van der Waals surface area contributed by atoms with E-state index in [0.29, 0.717) is 18.7 Å². The fraction of sp³-hybridized carbons (Fsp3) is 0.417. The predicted molar refractivity (Wildman–Crippen MR) is 67.0 cm³/mol. The molecule has 0 bridgehead atoms. The summed E-state index contributed by atoms with van der Waals surface area (Å²) in [6.45, 7) is 3.53. The van der Waals surface area contributed by atoms with E-state index in [-0.39, 0.29) is 17.8 Å². The Bertz CT molecular complexity index is 439. The topological polar surface area (TPSA) is 32.3 Å². The van der Waals surface area contributed by atoms with Crippen LogP contribution in [0.1, 0.15) is 12.5 Å². The van der Waals surface area contributed by atoms with Crippen LogP contribution in [0.25, 0.3) is 0 Å². The van der Waals surface area contributed by atoms with Crippen LogP contribution in [0.4, 0.5) is 4.39 Å². The fourth-order valence-corrected chi connectivity index (χ4v) is 2.32. The highest BCUT2D eigenvalue weighted by Crippen LogP contribution is 2.18. The summed E-state index contributed by atoms with van der Waals surface area (Å²) < 4.78 is 14.4. The lowest BCUT2D eigenvalue weighted by molar-refractivity contribution is -0.135. The fourth-order valence-electron chi connectivity index (χ4n) is 1.91. The van der Waals surface area contributed by atoms with Gasteiger partial charge in [-0.25, -0.2) is 4.39 Å². The summed E-state index contributed by atoms with van der Waals surface area (Å²) in [5.41, 5.74) is 0.543. The zero-order chi connectivity index (χ0) is 12.4. The van der Waals surface area contributed by atoms with E-state index in [1.165, 1.54) is 6.07 Å². The van der Waals surface area contributed by atoms with Gasteiger partial charge in [-0.2, -0.15) is 0 Å². The van der Waals surface area contributed by atoms with E-state index in [0.717, 1.165) is 11.0 Å². The molecule has 1 saturated heterocycles. The van der Waals surface area contributed by atoms with Crippen LogP contribution in [0.2, 0.25) is 0 Å². The summed E-state index contributed by atoms with van der Waals surface area (Å²) in [4.78, 5) is 13.5.